The Labute approximate surface area is 153 Å². The van der Waals surface area contributed by atoms with Gasteiger partial charge in [-0.05, 0) is 60.6 Å². The first kappa shape index (κ1) is 16.9. The zero-order chi connectivity index (χ0) is 18.5. The van der Waals surface area contributed by atoms with Gasteiger partial charge in [0.05, 0.1) is 12.0 Å². The third-order valence-corrected chi connectivity index (χ3v) is 5.48. The molecule has 1 N–H and O–H groups in total. The maximum Gasteiger partial charge on any atom is 0.228 e. The highest BCUT2D eigenvalue weighted by Gasteiger charge is 2.60. The van der Waals surface area contributed by atoms with E-state index in [2.05, 4.69) is 54.6 Å². The number of allylic oxidation sites excluding steroid dienone is 2. The fourth-order valence-corrected chi connectivity index (χ4v) is 3.75. The number of nitrogens with zero attached hydrogens (tertiary/aromatic N) is 4. The topological polar surface area (TPSA) is 72.7 Å². The number of tetrazole rings is 1. The molecule has 6 nitrogen and oxygen atoms in total. The molecule has 0 spiro atoms. The Kier molecular flexibility index (Phi) is 3.93. The van der Waals surface area contributed by atoms with Gasteiger partial charge in [0.2, 0.25) is 5.91 Å². The van der Waals surface area contributed by atoms with E-state index >= 15 is 0 Å². The van der Waals surface area contributed by atoms with Gasteiger partial charge in [-0.2, -0.15) is 0 Å². The minimum atomic E-state index is 0.00896. The van der Waals surface area contributed by atoms with Crippen molar-refractivity contribution < 1.29 is 4.79 Å². The number of carbonyl (C=O) groups is 1. The Hall–Kier alpha value is -2.50. The number of rotatable bonds is 5. The molecule has 2 atom stereocenters. The molecule has 1 amide bonds. The van der Waals surface area contributed by atoms with Crippen molar-refractivity contribution in [2.45, 2.75) is 46.6 Å². The van der Waals surface area contributed by atoms with E-state index in [-0.39, 0.29) is 17.2 Å². The van der Waals surface area contributed by atoms with E-state index in [1.807, 2.05) is 28.9 Å². The van der Waals surface area contributed by atoms with Gasteiger partial charge in [-0.3, -0.25) is 4.79 Å². The van der Waals surface area contributed by atoms with Crippen LogP contribution in [0.2, 0.25) is 0 Å². The quantitative estimate of drug-likeness (QED) is 0.831. The van der Waals surface area contributed by atoms with E-state index in [1.54, 1.807) is 0 Å². The van der Waals surface area contributed by atoms with Gasteiger partial charge in [0, 0.05) is 11.3 Å². The van der Waals surface area contributed by atoms with E-state index in [0.29, 0.717) is 12.0 Å². The summed E-state index contributed by atoms with van der Waals surface area (Å²) in [6, 6.07) is 8.19. The molecule has 2 fully saturated rings. The molecule has 0 saturated heterocycles. The third kappa shape index (κ3) is 3.04. The summed E-state index contributed by atoms with van der Waals surface area (Å²) in [6.07, 6.45) is 4.46. The van der Waals surface area contributed by atoms with Crippen LogP contribution in [0.25, 0.3) is 11.4 Å². The lowest BCUT2D eigenvalue weighted by molar-refractivity contribution is -0.118. The Balaban J connectivity index is 1.52. The minimum absolute atomic E-state index is 0.00896. The van der Waals surface area contributed by atoms with E-state index in [0.717, 1.165) is 29.9 Å². The maximum absolute atomic E-state index is 12.8. The van der Waals surface area contributed by atoms with Crippen LogP contribution in [-0.2, 0) is 4.79 Å². The van der Waals surface area contributed by atoms with Gasteiger partial charge < -0.3 is 5.32 Å². The second-order valence-corrected chi connectivity index (χ2v) is 8.32. The Bertz CT molecular complexity index is 874. The Morgan fingerprint density at radius 1 is 1.31 bits per heavy atom. The van der Waals surface area contributed by atoms with Gasteiger partial charge in [-0.25, -0.2) is 4.68 Å². The van der Waals surface area contributed by atoms with Crippen LogP contribution in [0.1, 0.15) is 46.6 Å². The first-order chi connectivity index (χ1) is 12.4. The zero-order valence-corrected chi connectivity index (χ0v) is 15.7. The van der Waals surface area contributed by atoms with Crippen molar-refractivity contribution in [2.24, 2.45) is 17.3 Å². The summed E-state index contributed by atoms with van der Waals surface area (Å²) in [6.45, 7) is 8.47. The van der Waals surface area contributed by atoms with Crippen molar-refractivity contribution in [1.29, 1.82) is 0 Å². The highest BCUT2D eigenvalue weighted by molar-refractivity contribution is 5.96. The predicted octanol–water partition coefficient (Wildman–Crippen LogP) is 3.85. The molecule has 26 heavy (non-hydrogen) atoms. The molecule has 2 aliphatic rings. The number of aromatic nitrogens is 4. The largest absolute Gasteiger partial charge is 0.326 e. The molecule has 2 aliphatic carbocycles. The molecule has 136 valence electrons. The van der Waals surface area contributed by atoms with Crippen molar-refractivity contribution in [2.75, 3.05) is 5.32 Å². The molecule has 0 radical (unpaired) electrons. The van der Waals surface area contributed by atoms with Crippen molar-refractivity contribution in [3.8, 4) is 11.4 Å². The van der Waals surface area contributed by atoms with Crippen molar-refractivity contribution >= 4 is 11.6 Å². The van der Waals surface area contributed by atoms with Gasteiger partial charge >= 0.3 is 0 Å². The average Bonchev–Trinajstić information content (AvgIpc) is 3.43. The summed E-state index contributed by atoms with van der Waals surface area (Å²) < 4.78 is 1.88. The summed E-state index contributed by atoms with van der Waals surface area (Å²) in [5.74, 6) is 1.16. The van der Waals surface area contributed by atoms with Crippen LogP contribution < -0.4 is 5.32 Å². The number of anilines is 1. The molecular weight excluding hydrogens is 326 g/mol. The number of amides is 1. The number of hydrogen-bond acceptors (Lipinski definition) is 4. The van der Waals surface area contributed by atoms with E-state index in [1.165, 1.54) is 5.57 Å². The van der Waals surface area contributed by atoms with Crippen molar-refractivity contribution in [3.05, 3.63) is 35.9 Å². The minimum Gasteiger partial charge on any atom is -0.326 e. The lowest BCUT2D eigenvalue weighted by Gasteiger charge is -2.08. The lowest BCUT2D eigenvalue weighted by Crippen LogP contribution is -2.16. The molecule has 1 aromatic carbocycles. The first-order valence-electron chi connectivity index (χ1n) is 9.22. The third-order valence-electron chi connectivity index (χ3n) is 5.48. The molecule has 0 bridgehead atoms. The van der Waals surface area contributed by atoms with Crippen LogP contribution in [0, 0.1) is 17.3 Å². The van der Waals surface area contributed by atoms with E-state index < -0.39 is 0 Å². The van der Waals surface area contributed by atoms with E-state index in [4.69, 9.17) is 0 Å². The average molecular weight is 351 g/mol. The molecule has 1 aromatic heterocycles. The molecule has 2 aromatic rings. The molecule has 0 unspecified atom stereocenters. The molecule has 0 aliphatic heterocycles. The molecule has 1 heterocycles. The second kappa shape index (κ2) is 6.04. The fraction of sp³-hybridized carbons (Fsp3) is 0.500. The SMILES string of the molecule is CC(C)=C[C@@H]1[C@H](C(=O)Nc2cccc(-c3nnnn3C3CC3)c2)C1(C)C. The monoisotopic (exact) mass is 351 g/mol. The van der Waals surface area contributed by atoms with Gasteiger partial charge in [0.25, 0.3) is 0 Å². The van der Waals surface area contributed by atoms with Gasteiger partial charge in [0.1, 0.15) is 0 Å². The van der Waals surface area contributed by atoms with Gasteiger partial charge in [-0.1, -0.05) is 37.6 Å². The summed E-state index contributed by atoms with van der Waals surface area (Å²) in [4.78, 5) is 12.8. The van der Waals surface area contributed by atoms with Gasteiger partial charge in [0.15, 0.2) is 5.82 Å². The van der Waals surface area contributed by atoms with E-state index in [9.17, 15) is 4.79 Å². The fourth-order valence-electron chi connectivity index (χ4n) is 3.75. The number of hydrogen-bond donors (Lipinski definition) is 1. The highest BCUT2D eigenvalue weighted by atomic mass is 16.2. The first-order valence-corrected chi connectivity index (χ1v) is 9.22. The van der Waals surface area contributed by atoms with Crippen LogP contribution in [0.4, 0.5) is 5.69 Å². The lowest BCUT2D eigenvalue weighted by atomic mass is 10.1. The molecule has 2 saturated carbocycles. The van der Waals surface area contributed by atoms with Crippen LogP contribution in [0.15, 0.2) is 35.9 Å². The summed E-state index contributed by atoms with van der Waals surface area (Å²) >= 11 is 0. The Morgan fingerprint density at radius 3 is 2.77 bits per heavy atom. The predicted molar refractivity (Wildman–Crippen MR) is 100 cm³/mol. The standard InChI is InChI=1S/C20H25N5O/c1-12(2)10-16-17(20(16,3)4)19(26)21-14-7-5-6-13(11-14)18-22-23-24-25(18)15-8-9-15/h5-7,10-11,15-17H,8-9H2,1-4H3,(H,21,26)/t16-,17-/m1/s1. The van der Waals surface area contributed by atoms with Gasteiger partial charge in [-0.15, -0.1) is 5.10 Å². The number of nitrogens with one attached hydrogen (secondary N) is 1. The molecular formula is C20H25N5O. The summed E-state index contributed by atoms with van der Waals surface area (Å²) in [5, 5.41) is 15.2. The van der Waals surface area contributed by atoms with Crippen molar-refractivity contribution in [3.63, 3.8) is 0 Å². The van der Waals surface area contributed by atoms with Crippen LogP contribution in [0.3, 0.4) is 0 Å². The smallest absolute Gasteiger partial charge is 0.228 e. The normalized spacial score (nSPS) is 23.4. The number of carbonyl (C=O) groups excluding carboxylic acids is 1. The van der Waals surface area contributed by atoms with Crippen molar-refractivity contribution in [1.82, 2.24) is 20.2 Å². The van der Waals surface area contributed by atoms with Crippen LogP contribution in [0.5, 0.6) is 0 Å². The zero-order valence-electron chi connectivity index (χ0n) is 15.7. The number of benzene rings is 1. The summed E-state index contributed by atoms with van der Waals surface area (Å²) in [7, 11) is 0. The highest BCUT2D eigenvalue weighted by Crippen LogP contribution is 2.59. The maximum atomic E-state index is 12.8. The second-order valence-electron chi connectivity index (χ2n) is 8.32. The molecule has 6 heteroatoms. The van der Waals surface area contributed by atoms with Crippen LogP contribution in [-0.4, -0.2) is 26.1 Å². The Morgan fingerprint density at radius 2 is 2.08 bits per heavy atom. The molecule has 4 rings (SSSR count). The summed E-state index contributed by atoms with van der Waals surface area (Å²) in [5.41, 5.74) is 2.98. The van der Waals surface area contributed by atoms with Crippen LogP contribution >= 0.6 is 0 Å².